The van der Waals surface area contributed by atoms with Gasteiger partial charge in [-0.2, -0.15) is 5.10 Å². The van der Waals surface area contributed by atoms with E-state index in [2.05, 4.69) is 15.8 Å². The highest BCUT2D eigenvalue weighted by Gasteiger charge is 2.03. The van der Waals surface area contributed by atoms with Gasteiger partial charge in [0, 0.05) is 16.6 Å². The maximum Gasteiger partial charge on any atom is 0.259 e. The van der Waals surface area contributed by atoms with Crippen LogP contribution < -0.4 is 10.7 Å². The van der Waals surface area contributed by atoms with Gasteiger partial charge in [0.2, 0.25) is 0 Å². The summed E-state index contributed by atoms with van der Waals surface area (Å²) in [6.45, 7) is 2.02. The largest absolute Gasteiger partial charge is 0.507 e. The van der Waals surface area contributed by atoms with Gasteiger partial charge in [-0.15, -0.1) is 0 Å². The molecule has 1 amide bonds. The van der Waals surface area contributed by atoms with Crippen LogP contribution in [0.3, 0.4) is 0 Å². The van der Waals surface area contributed by atoms with Crippen LogP contribution >= 0.6 is 0 Å². The molecule has 3 aromatic rings. The van der Waals surface area contributed by atoms with Crippen LogP contribution in [0.4, 0.5) is 5.69 Å². The summed E-state index contributed by atoms with van der Waals surface area (Å²) in [6.07, 6.45) is 1.43. The zero-order chi connectivity index (χ0) is 17.6. The standard InChI is InChI=1S/C20H19N3O2/c1-14-9-10-19(24)16(11-14)12-22-23-20(25)13-21-18-8-4-6-15-5-2-3-7-17(15)18/h2-12,21,24H,13H2,1H3,(H,23,25). The minimum atomic E-state index is -0.267. The lowest BCUT2D eigenvalue weighted by Crippen LogP contribution is -2.25. The number of phenolic OH excluding ortho intramolecular Hbond substituents is 1. The number of anilines is 1. The molecule has 0 aromatic heterocycles. The fraction of sp³-hybridized carbons (Fsp3) is 0.100. The number of fused-ring (bicyclic) bond motifs is 1. The number of nitrogens with zero attached hydrogens (tertiary/aromatic N) is 1. The average molecular weight is 333 g/mol. The highest BCUT2D eigenvalue weighted by Crippen LogP contribution is 2.22. The van der Waals surface area contributed by atoms with Crippen molar-refractivity contribution in [3.05, 3.63) is 71.8 Å². The first-order valence-corrected chi connectivity index (χ1v) is 7.96. The van der Waals surface area contributed by atoms with E-state index in [1.54, 1.807) is 18.2 Å². The number of amides is 1. The number of carbonyl (C=O) groups is 1. The molecule has 5 heteroatoms. The third-order valence-corrected chi connectivity index (χ3v) is 3.80. The van der Waals surface area contributed by atoms with Gasteiger partial charge in [0.25, 0.3) is 5.91 Å². The fourth-order valence-corrected chi connectivity index (χ4v) is 2.55. The Morgan fingerprint density at radius 1 is 1.12 bits per heavy atom. The molecule has 0 aliphatic carbocycles. The number of benzene rings is 3. The van der Waals surface area contributed by atoms with Crippen LogP contribution in [-0.2, 0) is 4.79 Å². The average Bonchev–Trinajstić information content (AvgIpc) is 2.63. The topological polar surface area (TPSA) is 73.7 Å². The van der Waals surface area contributed by atoms with Crippen molar-refractivity contribution in [1.29, 1.82) is 0 Å². The van der Waals surface area contributed by atoms with Crippen molar-refractivity contribution in [2.24, 2.45) is 5.10 Å². The van der Waals surface area contributed by atoms with Gasteiger partial charge in [-0.25, -0.2) is 5.43 Å². The van der Waals surface area contributed by atoms with Gasteiger partial charge in [0.15, 0.2) is 0 Å². The monoisotopic (exact) mass is 333 g/mol. The van der Waals surface area contributed by atoms with Crippen LogP contribution in [0.2, 0.25) is 0 Å². The van der Waals surface area contributed by atoms with Crippen molar-refractivity contribution >= 4 is 28.6 Å². The summed E-state index contributed by atoms with van der Waals surface area (Å²) in [6, 6.07) is 19.1. The van der Waals surface area contributed by atoms with Crippen molar-refractivity contribution < 1.29 is 9.90 Å². The van der Waals surface area contributed by atoms with Gasteiger partial charge in [-0.05, 0) is 30.5 Å². The van der Waals surface area contributed by atoms with Crippen LogP contribution in [0.5, 0.6) is 5.75 Å². The molecule has 3 aromatic carbocycles. The zero-order valence-electron chi connectivity index (χ0n) is 13.9. The van der Waals surface area contributed by atoms with E-state index in [9.17, 15) is 9.90 Å². The minimum absolute atomic E-state index is 0.102. The van der Waals surface area contributed by atoms with Crippen LogP contribution in [0.25, 0.3) is 10.8 Å². The molecule has 0 saturated heterocycles. The summed E-state index contributed by atoms with van der Waals surface area (Å²) in [5.41, 5.74) is 4.91. The lowest BCUT2D eigenvalue weighted by atomic mass is 10.1. The number of hydrogen-bond donors (Lipinski definition) is 3. The number of aromatic hydroxyl groups is 1. The number of phenols is 1. The van der Waals surface area contributed by atoms with Crippen LogP contribution in [0, 0.1) is 6.92 Å². The summed E-state index contributed by atoms with van der Waals surface area (Å²) in [7, 11) is 0. The van der Waals surface area contributed by atoms with E-state index < -0.39 is 0 Å². The Morgan fingerprint density at radius 3 is 2.80 bits per heavy atom. The second-order valence-electron chi connectivity index (χ2n) is 5.74. The molecule has 3 rings (SSSR count). The van der Waals surface area contributed by atoms with Crippen molar-refractivity contribution in [2.75, 3.05) is 11.9 Å². The smallest absolute Gasteiger partial charge is 0.259 e. The summed E-state index contributed by atoms with van der Waals surface area (Å²) >= 11 is 0. The van der Waals surface area contributed by atoms with Gasteiger partial charge in [0.05, 0.1) is 12.8 Å². The molecule has 0 bridgehead atoms. The number of rotatable bonds is 5. The molecule has 0 aliphatic rings. The van der Waals surface area contributed by atoms with E-state index in [0.717, 1.165) is 22.0 Å². The first-order chi connectivity index (χ1) is 12.1. The van der Waals surface area contributed by atoms with Crippen molar-refractivity contribution in [3.8, 4) is 5.75 Å². The summed E-state index contributed by atoms with van der Waals surface area (Å²) in [4.78, 5) is 11.9. The second-order valence-corrected chi connectivity index (χ2v) is 5.74. The quantitative estimate of drug-likeness (QED) is 0.495. The number of hydrazone groups is 1. The van der Waals surface area contributed by atoms with Crippen LogP contribution in [0.15, 0.2) is 65.8 Å². The Hall–Kier alpha value is -3.34. The van der Waals surface area contributed by atoms with Gasteiger partial charge in [0.1, 0.15) is 5.75 Å². The van der Waals surface area contributed by atoms with E-state index >= 15 is 0 Å². The third kappa shape index (κ3) is 4.14. The molecule has 3 N–H and O–H groups in total. The number of nitrogens with one attached hydrogen (secondary N) is 2. The molecule has 126 valence electrons. The number of hydrogen-bond acceptors (Lipinski definition) is 4. The first kappa shape index (κ1) is 16.5. The molecule has 0 aliphatic heterocycles. The van der Waals surface area contributed by atoms with E-state index in [4.69, 9.17) is 0 Å². The molecule has 0 spiro atoms. The van der Waals surface area contributed by atoms with Crippen molar-refractivity contribution in [3.63, 3.8) is 0 Å². The van der Waals surface area contributed by atoms with Crippen LogP contribution in [-0.4, -0.2) is 23.8 Å². The molecule has 25 heavy (non-hydrogen) atoms. The maximum atomic E-state index is 11.9. The van der Waals surface area contributed by atoms with Crippen molar-refractivity contribution in [2.45, 2.75) is 6.92 Å². The summed E-state index contributed by atoms with van der Waals surface area (Å²) in [5.74, 6) is -0.145. The molecular weight excluding hydrogens is 314 g/mol. The molecule has 0 saturated carbocycles. The maximum absolute atomic E-state index is 11.9. The van der Waals surface area contributed by atoms with E-state index in [-0.39, 0.29) is 18.2 Å². The Kier molecular flexibility index (Phi) is 4.95. The lowest BCUT2D eigenvalue weighted by molar-refractivity contribution is -0.119. The third-order valence-electron chi connectivity index (χ3n) is 3.80. The molecule has 0 fully saturated rings. The van der Waals surface area contributed by atoms with E-state index in [0.29, 0.717) is 5.56 Å². The van der Waals surface area contributed by atoms with Gasteiger partial charge in [-0.1, -0.05) is 48.0 Å². The lowest BCUT2D eigenvalue weighted by Gasteiger charge is -2.08. The van der Waals surface area contributed by atoms with Crippen LogP contribution in [0.1, 0.15) is 11.1 Å². The van der Waals surface area contributed by atoms with Crippen molar-refractivity contribution in [1.82, 2.24) is 5.43 Å². The minimum Gasteiger partial charge on any atom is -0.507 e. The number of carbonyl (C=O) groups excluding carboxylic acids is 1. The molecule has 0 unspecified atom stereocenters. The molecule has 5 nitrogen and oxygen atoms in total. The van der Waals surface area contributed by atoms with Gasteiger partial charge in [-0.3, -0.25) is 4.79 Å². The zero-order valence-corrected chi connectivity index (χ0v) is 13.9. The molecule has 0 heterocycles. The number of aryl methyl sites for hydroxylation is 1. The Morgan fingerprint density at radius 2 is 1.92 bits per heavy atom. The Labute approximate surface area is 146 Å². The SMILES string of the molecule is Cc1ccc(O)c(C=NNC(=O)CNc2cccc3ccccc23)c1. The molecule has 0 radical (unpaired) electrons. The van der Waals surface area contributed by atoms with E-state index in [1.165, 1.54) is 6.21 Å². The summed E-state index contributed by atoms with van der Waals surface area (Å²) in [5, 5.41) is 18.9. The Balaban J connectivity index is 1.59. The normalized spacial score (nSPS) is 10.9. The molecule has 0 atom stereocenters. The fourth-order valence-electron chi connectivity index (χ4n) is 2.55. The first-order valence-electron chi connectivity index (χ1n) is 7.96. The predicted octanol–water partition coefficient (Wildman–Crippen LogP) is 3.42. The summed E-state index contributed by atoms with van der Waals surface area (Å²) < 4.78 is 0. The predicted molar refractivity (Wildman–Crippen MR) is 101 cm³/mol. The Bertz CT molecular complexity index is 930. The van der Waals surface area contributed by atoms with E-state index in [1.807, 2.05) is 49.4 Å². The second kappa shape index (κ2) is 7.49. The highest BCUT2D eigenvalue weighted by atomic mass is 16.3. The molecular formula is C20H19N3O2. The van der Waals surface area contributed by atoms with Gasteiger partial charge < -0.3 is 10.4 Å². The van der Waals surface area contributed by atoms with Gasteiger partial charge >= 0.3 is 0 Å². The highest BCUT2D eigenvalue weighted by molar-refractivity contribution is 5.95.